The van der Waals surface area contributed by atoms with Gasteiger partial charge < -0.3 is 24.9 Å². The number of nitrogens with one attached hydrogen (secondary N) is 3. The van der Waals surface area contributed by atoms with Crippen LogP contribution in [-0.2, 0) is 24.8 Å². The van der Waals surface area contributed by atoms with E-state index in [1.54, 1.807) is 0 Å². The molecule has 0 saturated carbocycles. The first kappa shape index (κ1) is 21.3. The van der Waals surface area contributed by atoms with Crippen molar-refractivity contribution in [1.82, 2.24) is 35.3 Å². The number of aryl methyl sites for hydroxylation is 1. The first-order valence-corrected chi connectivity index (χ1v) is 10.9. The molecule has 4 rings (SSSR count). The summed E-state index contributed by atoms with van der Waals surface area (Å²) in [6, 6.07) is 10.6. The van der Waals surface area contributed by atoms with Gasteiger partial charge in [-0.25, -0.2) is 4.99 Å². The third-order valence-electron chi connectivity index (χ3n) is 5.66. The molecule has 0 atom stereocenters. The Kier molecular flexibility index (Phi) is 7.16. The van der Waals surface area contributed by atoms with E-state index in [1.807, 2.05) is 18.5 Å². The van der Waals surface area contributed by atoms with Crippen LogP contribution in [0, 0.1) is 6.92 Å². The highest BCUT2D eigenvalue weighted by Crippen LogP contribution is 2.14. The third kappa shape index (κ3) is 5.83. The Morgan fingerprint density at radius 1 is 1.16 bits per heavy atom. The molecule has 0 bridgehead atoms. The molecule has 3 N–H and O–H groups in total. The van der Waals surface area contributed by atoms with Gasteiger partial charge in [0.05, 0.1) is 13.2 Å². The van der Waals surface area contributed by atoms with Crippen molar-refractivity contribution in [2.24, 2.45) is 12.0 Å². The Bertz CT molecular complexity index is 969. The number of hydrogen-bond acceptors (Lipinski definition) is 5. The minimum absolute atomic E-state index is 0.483. The molecule has 166 valence electrons. The number of aliphatic imine (C=N–C) groups is 1. The molecule has 0 aliphatic carbocycles. The summed E-state index contributed by atoms with van der Waals surface area (Å²) in [6.45, 7) is 8.61. The van der Waals surface area contributed by atoms with Gasteiger partial charge in [0.2, 0.25) is 0 Å². The van der Waals surface area contributed by atoms with Crippen molar-refractivity contribution in [2.45, 2.75) is 19.9 Å². The maximum atomic E-state index is 5.43. The Hall–Kier alpha value is -2.91. The molecule has 3 heterocycles. The number of nitrogens with zero attached hydrogens (tertiary/aromatic N) is 5. The molecule has 1 aromatic carbocycles. The van der Waals surface area contributed by atoms with Crippen molar-refractivity contribution in [3.63, 3.8) is 0 Å². The third-order valence-corrected chi connectivity index (χ3v) is 5.66. The van der Waals surface area contributed by atoms with E-state index in [0.29, 0.717) is 6.54 Å². The summed E-state index contributed by atoms with van der Waals surface area (Å²) >= 11 is 0. The number of hydrogen-bond donors (Lipinski definition) is 3. The summed E-state index contributed by atoms with van der Waals surface area (Å²) < 4.78 is 7.40. The number of ether oxygens (including phenoxy) is 1. The Morgan fingerprint density at radius 3 is 2.74 bits per heavy atom. The normalized spacial score (nSPS) is 15.5. The van der Waals surface area contributed by atoms with E-state index < -0.39 is 0 Å². The number of rotatable bonds is 8. The first-order valence-electron chi connectivity index (χ1n) is 10.9. The molecule has 3 aromatic rings. The van der Waals surface area contributed by atoms with Crippen LogP contribution in [0.3, 0.4) is 0 Å². The lowest BCUT2D eigenvalue weighted by Crippen LogP contribution is -2.44. The monoisotopic (exact) mass is 424 g/mol. The molecule has 0 amide bonds. The number of H-pyrrole nitrogens is 1. The molecular formula is C22H32N8O. The van der Waals surface area contributed by atoms with Gasteiger partial charge in [0.1, 0.15) is 12.4 Å². The van der Waals surface area contributed by atoms with Crippen LogP contribution in [-0.4, -0.2) is 76.5 Å². The molecule has 1 aliphatic rings. The molecule has 0 radical (unpaired) electrons. The van der Waals surface area contributed by atoms with E-state index >= 15 is 0 Å². The summed E-state index contributed by atoms with van der Waals surface area (Å²) in [7, 11) is 1.97. The predicted molar refractivity (Wildman–Crippen MR) is 122 cm³/mol. The second-order valence-electron chi connectivity index (χ2n) is 7.83. The fourth-order valence-corrected chi connectivity index (χ4v) is 3.65. The Morgan fingerprint density at radius 2 is 1.97 bits per heavy atom. The quantitative estimate of drug-likeness (QED) is 0.372. The lowest BCUT2D eigenvalue weighted by atomic mass is 10.2. The number of aromatic nitrogens is 4. The molecule has 9 heteroatoms. The number of morpholine rings is 1. The van der Waals surface area contributed by atoms with E-state index in [9.17, 15) is 0 Å². The maximum Gasteiger partial charge on any atom is 0.191 e. The molecule has 1 saturated heterocycles. The number of fused-ring (bicyclic) bond motifs is 1. The fraction of sp³-hybridized carbons (Fsp3) is 0.500. The van der Waals surface area contributed by atoms with Crippen LogP contribution in [0.5, 0.6) is 0 Å². The smallest absolute Gasteiger partial charge is 0.191 e. The van der Waals surface area contributed by atoms with Crippen molar-refractivity contribution in [1.29, 1.82) is 0 Å². The van der Waals surface area contributed by atoms with Crippen LogP contribution in [0.2, 0.25) is 0 Å². The van der Waals surface area contributed by atoms with Crippen LogP contribution in [0.15, 0.2) is 35.3 Å². The minimum Gasteiger partial charge on any atom is -0.379 e. The summed E-state index contributed by atoms with van der Waals surface area (Å²) in [4.78, 5) is 10.6. The van der Waals surface area contributed by atoms with Crippen LogP contribution < -0.4 is 10.6 Å². The van der Waals surface area contributed by atoms with Gasteiger partial charge >= 0.3 is 0 Å². The minimum atomic E-state index is 0.483. The lowest BCUT2D eigenvalue weighted by molar-refractivity contribution is 0.0389. The molecule has 9 nitrogen and oxygen atoms in total. The average molecular weight is 425 g/mol. The maximum absolute atomic E-state index is 5.43. The molecule has 1 fully saturated rings. The zero-order valence-electron chi connectivity index (χ0n) is 18.4. The summed E-state index contributed by atoms with van der Waals surface area (Å²) in [5, 5.41) is 16.5. The van der Waals surface area contributed by atoms with Gasteiger partial charge in [0.25, 0.3) is 0 Å². The van der Waals surface area contributed by atoms with Crippen molar-refractivity contribution in [2.75, 3.05) is 45.9 Å². The number of para-hydroxylation sites is 1. The van der Waals surface area contributed by atoms with Gasteiger partial charge in [-0.2, -0.15) is 0 Å². The van der Waals surface area contributed by atoms with E-state index in [-0.39, 0.29) is 0 Å². The number of aromatic amines is 1. The SMILES string of the molecule is Cc1nnc(CN=C(NCCc2cc3ccccc3[nH]2)NCCN2CCOCC2)n1C. The van der Waals surface area contributed by atoms with Crippen molar-refractivity contribution in [3.05, 3.63) is 47.7 Å². The Labute approximate surface area is 182 Å². The van der Waals surface area contributed by atoms with Gasteiger partial charge in [0, 0.05) is 57.4 Å². The average Bonchev–Trinajstić information content (AvgIpc) is 3.35. The van der Waals surface area contributed by atoms with E-state index in [2.05, 4.69) is 61.0 Å². The summed E-state index contributed by atoms with van der Waals surface area (Å²) in [6.07, 6.45) is 0.891. The highest BCUT2D eigenvalue weighted by atomic mass is 16.5. The number of guanidine groups is 1. The standard InChI is InChI=1S/C22H32N8O/c1-17-27-28-21(29(17)2)16-25-22(24-9-10-30-11-13-31-14-12-30)23-8-7-19-15-18-5-3-4-6-20(18)26-19/h3-6,15,26H,7-14,16H2,1-2H3,(H2,23,24,25). The van der Waals surface area contributed by atoms with Crippen LogP contribution in [0.4, 0.5) is 0 Å². The second kappa shape index (κ2) is 10.4. The van der Waals surface area contributed by atoms with Crippen LogP contribution >= 0.6 is 0 Å². The van der Waals surface area contributed by atoms with Gasteiger partial charge in [-0.1, -0.05) is 18.2 Å². The number of benzene rings is 1. The van der Waals surface area contributed by atoms with Gasteiger partial charge in [-0.3, -0.25) is 4.90 Å². The van der Waals surface area contributed by atoms with Crippen molar-refractivity contribution >= 4 is 16.9 Å². The lowest BCUT2D eigenvalue weighted by Gasteiger charge is -2.26. The van der Waals surface area contributed by atoms with Crippen molar-refractivity contribution in [3.8, 4) is 0 Å². The van der Waals surface area contributed by atoms with Gasteiger partial charge in [-0.15, -0.1) is 10.2 Å². The van der Waals surface area contributed by atoms with Gasteiger partial charge in [-0.05, 0) is 24.4 Å². The second-order valence-corrected chi connectivity index (χ2v) is 7.83. The van der Waals surface area contributed by atoms with E-state index in [0.717, 1.165) is 70.0 Å². The van der Waals surface area contributed by atoms with Crippen molar-refractivity contribution < 1.29 is 4.74 Å². The van der Waals surface area contributed by atoms with Gasteiger partial charge in [0.15, 0.2) is 11.8 Å². The highest BCUT2D eigenvalue weighted by Gasteiger charge is 2.10. The molecule has 2 aromatic heterocycles. The zero-order valence-corrected chi connectivity index (χ0v) is 18.4. The van der Waals surface area contributed by atoms with Crippen LogP contribution in [0.1, 0.15) is 17.3 Å². The summed E-state index contributed by atoms with van der Waals surface area (Å²) in [5.41, 5.74) is 2.39. The largest absolute Gasteiger partial charge is 0.379 e. The molecule has 0 spiro atoms. The van der Waals surface area contributed by atoms with E-state index in [4.69, 9.17) is 9.73 Å². The Balaban J connectivity index is 1.33. The fourth-order valence-electron chi connectivity index (χ4n) is 3.65. The molecule has 0 unspecified atom stereocenters. The summed E-state index contributed by atoms with van der Waals surface area (Å²) in [5.74, 6) is 2.53. The topological polar surface area (TPSA) is 95.4 Å². The zero-order chi connectivity index (χ0) is 21.5. The van der Waals surface area contributed by atoms with Crippen LogP contribution in [0.25, 0.3) is 10.9 Å². The highest BCUT2D eigenvalue weighted by molar-refractivity contribution is 5.81. The molecule has 31 heavy (non-hydrogen) atoms. The predicted octanol–water partition coefficient (Wildman–Crippen LogP) is 1.21. The molecular weight excluding hydrogens is 392 g/mol. The van der Waals surface area contributed by atoms with E-state index in [1.165, 1.54) is 16.6 Å². The molecule has 1 aliphatic heterocycles. The first-order chi connectivity index (χ1) is 15.2.